The zero-order chi connectivity index (χ0) is 22.0. The number of carbonyl (C=O) groups excluding carboxylic acids is 1. The second kappa shape index (κ2) is 9.01. The first-order valence-electron chi connectivity index (χ1n) is 10.4. The Morgan fingerprint density at radius 1 is 1.23 bits per heavy atom. The number of para-hydroxylation sites is 1. The van der Waals surface area contributed by atoms with E-state index in [-0.39, 0.29) is 18.3 Å². The van der Waals surface area contributed by atoms with Crippen LogP contribution in [-0.4, -0.2) is 33.1 Å². The van der Waals surface area contributed by atoms with E-state index in [1.54, 1.807) is 0 Å². The molecule has 0 fully saturated rings. The summed E-state index contributed by atoms with van der Waals surface area (Å²) in [6.45, 7) is 7.22. The number of aromatic nitrogens is 3. The highest BCUT2D eigenvalue weighted by molar-refractivity contribution is 7.99. The second-order valence-electron chi connectivity index (χ2n) is 7.97. The van der Waals surface area contributed by atoms with Crippen molar-refractivity contribution in [2.75, 3.05) is 23.0 Å². The minimum atomic E-state index is 0.0390. The van der Waals surface area contributed by atoms with Crippen molar-refractivity contribution in [3.05, 3.63) is 65.0 Å². The fourth-order valence-corrected chi connectivity index (χ4v) is 4.44. The SMILES string of the molecule is Cc1ccc(C(C)C)c(OCc2nnc(SCC(=O)N3CCc4ccccc43)n2N)c1. The predicted molar refractivity (Wildman–Crippen MR) is 123 cm³/mol. The van der Waals surface area contributed by atoms with E-state index in [0.717, 1.165) is 29.0 Å². The largest absolute Gasteiger partial charge is 0.485 e. The number of anilines is 1. The average Bonchev–Trinajstić information content (AvgIpc) is 3.34. The van der Waals surface area contributed by atoms with Gasteiger partial charge in [0.1, 0.15) is 12.4 Å². The topological polar surface area (TPSA) is 86.3 Å². The summed E-state index contributed by atoms with van der Waals surface area (Å²) in [5.41, 5.74) is 4.47. The van der Waals surface area contributed by atoms with Crippen molar-refractivity contribution in [2.45, 2.75) is 44.9 Å². The number of hydrogen-bond donors (Lipinski definition) is 1. The molecule has 0 spiro atoms. The second-order valence-corrected chi connectivity index (χ2v) is 8.91. The predicted octanol–water partition coefficient (Wildman–Crippen LogP) is 3.68. The minimum Gasteiger partial charge on any atom is -0.485 e. The molecule has 1 aliphatic heterocycles. The molecule has 8 heteroatoms. The molecule has 31 heavy (non-hydrogen) atoms. The van der Waals surface area contributed by atoms with Gasteiger partial charge in [-0.15, -0.1) is 10.2 Å². The standard InChI is InChI=1S/C23H27N5O2S/c1-15(2)18-9-8-16(3)12-20(18)30-13-21-25-26-23(28(21)24)31-14-22(29)27-11-10-17-6-4-5-7-19(17)27/h4-9,12,15H,10-11,13-14,24H2,1-3H3. The smallest absolute Gasteiger partial charge is 0.237 e. The summed E-state index contributed by atoms with van der Waals surface area (Å²) in [4.78, 5) is 14.6. The van der Waals surface area contributed by atoms with E-state index in [4.69, 9.17) is 10.6 Å². The Balaban J connectivity index is 1.38. The molecule has 1 aromatic heterocycles. The van der Waals surface area contributed by atoms with Crippen LogP contribution >= 0.6 is 11.8 Å². The van der Waals surface area contributed by atoms with Crippen LogP contribution in [0.1, 0.15) is 42.3 Å². The lowest BCUT2D eigenvalue weighted by Crippen LogP contribution is -2.30. The Morgan fingerprint density at radius 2 is 2.03 bits per heavy atom. The summed E-state index contributed by atoms with van der Waals surface area (Å²) in [5, 5.41) is 8.80. The van der Waals surface area contributed by atoms with Crippen LogP contribution in [0.15, 0.2) is 47.6 Å². The lowest BCUT2D eigenvalue weighted by atomic mass is 10.0. The first-order valence-corrected chi connectivity index (χ1v) is 11.4. The van der Waals surface area contributed by atoms with Crippen LogP contribution in [0.4, 0.5) is 5.69 Å². The molecule has 0 atom stereocenters. The van der Waals surface area contributed by atoms with Gasteiger partial charge in [-0.3, -0.25) is 4.79 Å². The van der Waals surface area contributed by atoms with Crippen molar-refractivity contribution in [1.29, 1.82) is 0 Å². The number of carbonyl (C=O) groups is 1. The molecule has 1 aliphatic rings. The zero-order valence-electron chi connectivity index (χ0n) is 18.0. The van der Waals surface area contributed by atoms with E-state index < -0.39 is 0 Å². The third-order valence-electron chi connectivity index (χ3n) is 5.40. The van der Waals surface area contributed by atoms with E-state index in [9.17, 15) is 4.79 Å². The van der Waals surface area contributed by atoms with Crippen LogP contribution in [0.5, 0.6) is 5.75 Å². The first kappa shape index (κ1) is 21.2. The molecule has 7 nitrogen and oxygen atoms in total. The van der Waals surface area contributed by atoms with Gasteiger partial charge < -0.3 is 15.5 Å². The van der Waals surface area contributed by atoms with Gasteiger partial charge in [-0.25, -0.2) is 4.68 Å². The zero-order valence-corrected chi connectivity index (χ0v) is 18.9. The van der Waals surface area contributed by atoms with Crippen LogP contribution < -0.4 is 15.5 Å². The molecular formula is C23H27N5O2S. The summed E-state index contributed by atoms with van der Waals surface area (Å²) in [7, 11) is 0. The monoisotopic (exact) mass is 437 g/mol. The molecule has 2 heterocycles. The number of benzene rings is 2. The number of amides is 1. The molecule has 4 rings (SSSR count). The van der Waals surface area contributed by atoms with Gasteiger partial charge in [-0.05, 0) is 48.1 Å². The molecule has 0 saturated carbocycles. The summed E-state index contributed by atoms with van der Waals surface area (Å²) >= 11 is 1.29. The van der Waals surface area contributed by atoms with Gasteiger partial charge in [0.2, 0.25) is 11.1 Å². The van der Waals surface area contributed by atoms with Crippen molar-refractivity contribution < 1.29 is 9.53 Å². The van der Waals surface area contributed by atoms with Crippen molar-refractivity contribution in [1.82, 2.24) is 14.9 Å². The minimum absolute atomic E-state index is 0.0390. The van der Waals surface area contributed by atoms with Gasteiger partial charge >= 0.3 is 0 Å². The summed E-state index contributed by atoms with van der Waals surface area (Å²) in [6.07, 6.45) is 0.887. The van der Waals surface area contributed by atoms with Gasteiger partial charge in [0.05, 0.1) is 5.75 Å². The van der Waals surface area contributed by atoms with Crippen LogP contribution in [0.3, 0.4) is 0 Å². The highest BCUT2D eigenvalue weighted by atomic mass is 32.2. The van der Waals surface area contributed by atoms with E-state index in [1.807, 2.05) is 36.1 Å². The molecule has 0 bridgehead atoms. The van der Waals surface area contributed by atoms with Gasteiger partial charge in [0.15, 0.2) is 5.82 Å². The first-order chi connectivity index (χ1) is 14.9. The summed E-state index contributed by atoms with van der Waals surface area (Å²) in [5.74, 6) is 8.15. The molecule has 0 saturated heterocycles. The third kappa shape index (κ3) is 4.54. The van der Waals surface area contributed by atoms with E-state index >= 15 is 0 Å². The molecule has 0 unspecified atom stereocenters. The highest BCUT2D eigenvalue weighted by Gasteiger charge is 2.24. The fourth-order valence-electron chi connectivity index (χ4n) is 3.69. The number of nitrogens with two attached hydrogens (primary N) is 1. The van der Waals surface area contributed by atoms with Crippen molar-refractivity contribution in [3.63, 3.8) is 0 Å². The van der Waals surface area contributed by atoms with Crippen LogP contribution in [-0.2, 0) is 17.8 Å². The Labute approximate surface area is 186 Å². The quantitative estimate of drug-likeness (QED) is 0.448. The van der Waals surface area contributed by atoms with E-state index in [0.29, 0.717) is 23.4 Å². The highest BCUT2D eigenvalue weighted by Crippen LogP contribution is 2.30. The van der Waals surface area contributed by atoms with Gasteiger partial charge in [-0.2, -0.15) is 0 Å². The van der Waals surface area contributed by atoms with Gasteiger partial charge in [-0.1, -0.05) is 55.9 Å². The Hall–Kier alpha value is -3.00. The van der Waals surface area contributed by atoms with Gasteiger partial charge in [0, 0.05) is 12.2 Å². The third-order valence-corrected chi connectivity index (χ3v) is 6.32. The molecule has 2 N–H and O–H groups in total. The van der Waals surface area contributed by atoms with E-state index in [2.05, 4.69) is 42.2 Å². The van der Waals surface area contributed by atoms with Crippen LogP contribution in [0, 0.1) is 6.92 Å². The van der Waals surface area contributed by atoms with Crippen LogP contribution in [0.2, 0.25) is 0 Å². The normalized spacial score (nSPS) is 13.0. The average molecular weight is 438 g/mol. The Morgan fingerprint density at radius 3 is 2.84 bits per heavy atom. The van der Waals surface area contributed by atoms with Crippen molar-refractivity contribution in [3.8, 4) is 5.75 Å². The molecule has 0 radical (unpaired) electrons. The number of aryl methyl sites for hydroxylation is 1. The number of fused-ring (bicyclic) bond motifs is 1. The molecule has 3 aromatic rings. The molecule has 0 aliphatic carbocycles. The number of rotatable bonds is 7. The molecular weight excluding hydrogens is 410 g/mol. The summed E-state index contributed by atoms with van der Waals surface area (Å²) in [6, 6.07) is 14.2. The number of ether oxygens (including phenoxy) is 1. The maximum atomic E-state index is 12.7. The molecule has 162 valence electrons. The molecule has 2 aromatic carbocycles. The molecule has 1 amide bonds. The number of nitrogens with zero attached hydrogens (tertiary/aromatic N) is 4. The lowest BCUT2D eigenvalue weighted by molar-refractivity contribution is -0.116. The van der Waals surface area contributed by atoms with Crippen molar-refractivity contribution >= 4 is 23.4 Å². The maximum absolute atomic E-state index is 12.7. The Kier molecular flexibility index (Phi) is 6.18. The number of hydrogen-bond acceptors (Lipinski definition) is 6. The van der Waals surface area contributed by atoms with Crippen molar-refractivity contribution in [2.24, 2.45) is 0 Å². The Bertz CT molecular complexity index is 1100. The number of nitrogen functional groups attached to an aromatic ring is 1. The maximum Gasteiger partial charge on any atom is 0.237 e. The fraction of sp³-hybridized carbons (Fsp3) is 0.348. The number of thioether (sulfide) groups is 1. The van der Waals surface area contributed by atoms with Gasteiger partial charge in [0.25, 0.3) is 0 Å². The van der Waals surface area contributed by atoms with Crippen LogP contribution in [0.25, 0.3) is 0 Å². The summed E-state index contributed by atoms with van der Waals surface area (Å²) < 4.78 is 7.42. The van der Waals surface area contributed by atoms with E-state index in [1.165, 1.54) is 22.0 Å². The lowest BCUT2D eigenvalue weighted by Gasteiger charge is -2.16.